The molecule has 0 saturated heterocycles. The van der Waals surface area contributed by atoms with Gasteiger partial charge in [0.2, 0.25) is 0 Å². The second kappa shape index (κ2) is 4.01. The van der Waals surface area contributed by atoms with Crippen molar-refractivity contribution in [3.8, 4) is 5.75 Å². The average molecular weight is 186 g/mol. The minimum absolute atomic E-state index is 0.760. The molecule has 2 rings (SSSR count). The molecule has 71 valence electrons. The van der Waals surface area contributed by atoms with Gasteiger partial charge in [-0.3, -0.25) is 0 Å². The Labute approximate surface area is 83.9 Å². The molecule has 14 heavy (non-hydrogen) atoms. The summed E-state index contributed by atoms with van der Waals surface area (Å²) < 4.78 is 5.60. The molecule has 0 bridgehead atoms. The molecule has 0 aliphatic carbocycles. The molecular weight excluding hydrogens is 174 g/mol. The molecule has 1 aliphatic rings. The number of hydrogen-bond donors (Lipinski definition) is 1. The summed E-state index contributed by atoms with van der Waals surface area (Å²) in [4.78, 5) is 0. The van der Waals surface area contributed by atoms with Crippen molar-refractivity contribution in [2.24, 2.45) is 0 Å². The minimum Gasteiger partial charge on any atom is -0.458 e. The second-order valence-electron chi connectivity index (χ2n) is 3.15. The zero-order valence-corrected chi connectivity index (χ0v) is 8.03. The van der Waals surface area contributed by atoms with Crippen molar-refractivity contribution in [2.75, 3.05) is 0 Å². The Bertz CT molecular complexity index is 354. The fourth-order valence-corrected chi connectivity index (χ4v) is 1.23. The Kier molecular flexibility index (Phi) is 2.54. The third-order valence-corrected chi connectivity index (χ3v) is 1.90. The van der Waals surface area contributed by atoms with Crippen molar-refractivity contribution >= 4 is 0 Å². The fraction of sp³-hybridized carbons (Fsp3) is 0.0833. The van der Waals surface area contributed by atoms with E-state index in [1.807, 2.05) is 55.6 Å². The van der Waals surface area contributed by atoms with Crippen LogP contribution in [0.4, 0.5) is 0 Å². The highest BCUT2D eigenvalue weighted by atomic mass is 16.5. The van der Waals surface area contributed by atoms with E-state index in [9.17, 15) is 0 Å². The van der Waals surface area contributed by atoms with Gasteiger partial charge in [-0.05, 0) is 36.8 Å². The third-order valence-electron chi connectivity index (χ3n) is 1.90. The van der Waals surface area contributed by atoms with E-state index in [1.165, 1.54) is 5.57 Å². The molecule has 1 aromatic carbocycles. The van der Waals surface area contributed by atoms with Crippen LogP contribution in [0, 0.1) is 6.23 Å². The summed E-state index contributed by atoms with van der Waals surface area (Å²) in [6.45, 7) is 2.03. The number of dihydropyridines is 1. The Balaban J connectivity index is 2.03. The van der Waals surface area contributed by atoms with Gasteiger partial charge in [0.1, 0.15) is 5.75 Å². The maximum absolute atomic E-state index is 5.60. The van der Waals surface area contributed by atoms with Gasteiger partial charge in [0.25, 0.3) is 6.23 Å². The monoisotopic (exact) mass is 186 g/mol. The molecule has 1 aromatic rings. The minimum atomic E-state index is 0.760. The van der Waals surface area contributed by atoms with E-state index in [0.717, 1.165) is 12.0 Å². The summed E-state index contributed by atoms with van der Waals surface area (Å²) in [7, 11) is 0. The summed E-state index contributed by atoms with van der Waals surface area (Å²) in [6, 6.07) is 9.72. The van der Waals surface area contributed by atoms with Gasteiger partial charge in [-0.1, -0.05) is 18.2 Å². The largest absolute Gasteiger partial charge is 0.458 e. The molecule has 0 fully saturated rings. The molecule has 2 heteroatoms. The normalized spacial score (nSPS) is 15.9. The summed E-state index contributed by atoms with van der Waals surface area (Å²) in [5.74, 6) is 0.842. The van der Waals surface area contributed by atoms with Crippen LogP contribution in [0.2, 0.25) is 0 Å². The van der Waals surface area contributed by atoms with Gasteiger partial charge in [0.05, 0.1) is 0 Å². The van der Waals surface area contributed by atoms with Gasteiger partial charge in [-0.15, -0.1) is 0 Å². The van der Waals surface area contributed by atoms with E-state index in [4.69, 9.17) is 4.74 Å². The van der Waals surface area contributed by atoms with E-state index in [2.05, 4.69) is 5.32 Å². The van der Waals surface area contributed by atoms with Crippen LogP contribution in [0.25, 0.3) is 0 Å². The van der Waals surface area contributed by atoms with E-state index in [1.54, 1.807) is 0 Å². The first kappa shape index (κ1) is 8.88. The van der Waals surface area contributed by atoms with E-state index >= 15 is 0 Å². The lowest BCUT2D eigenvalue weighted by Crippen LogP contribution is -2.21. The Morgan fingerprint density at radius 1 is 1.14 bits per heavy atom. The third kappa shape index (κ3) is 2.16. The molecule has 0 amide bonds. The highest BCUT2D eigenvalue weighted by molar-refractivity contribution is 5.30. The highest BCUT2D eigenvalue weighted by Crippen LogP contribution is 2.16. The maximum atomic E-state index is 5.60. The van der Waals surface area contributed by atoms with Gasteiger partial charge in [-0.25, -0.2) is 0 Å². The maximum Gasteiger partial charge on any atom is 0.263 e. The smallest absolute Gasteiger partial charge is 0.263 e. The van der Waals surface area contributed by atoms with Crippen LogP contribution >= 0.6 is 0 Å². The number of benzene rings is 1. The van der Waals surface area contributed by atoms with Gasteiger partial charge >= 0.3 is 0 Å². The molecule has 1 heterocycles. The van der Waals surface area contributed by atoms with Crippen molar-refractivity contribution in [3.05, 3.63) is 60.5 Å². The van der Waals surface area contributed by atoms with Crippen molar-refractivity contribution in [3.63, 3.8) is 0 Å². The molecule has 0 saturated carbocycles. The quantitative estimate of drug-likeness (QED) is 0.766. The van der Waals surface area contributed by atoms with Crippen LogP contribution < -0.4 is 10.1 Å². The predicted octanol–water partition coefficient (Wildman–Crippen LogP) is 2.62. The second-order valence-corrected chi connectivity index (χ2v) is 3.15. The van der Waals surface area contributed by atoms with Gasteiger partial charge in [0.15, 0.2) is 0 Å². The average Bonchev–Trinajstić information content (AvgIpc) is 2.19. The molecule has 1 radical (unpaired) electrons. The van der Waals surface area contributed by atoms with Crippen molar-refractivity contribution < 1.29 is 4.74 Å². The van der Waals surface area contributed by atoms with Gasteiger partial charge < -0.3 is 10.1 Å². The van der Waals surface area contributed by atoms with Gasteiger partial charge in [-0.2, -0.15) is 0 Å². The Morgan fingerprint density at radius 2 is 1.93 bits per heavy atom. The summed E-state index contributed by atoms with van der Waals surface area (Å²) in [5.41, 5.74) is 1.18. The van der Waals surface area contributed by atoms with Crippen molar-refractivity contribution in [1.82, 2.24) is 5.32 Å². The first-order chi connectivity index (χ1) is 6.84. The summed E-state index contributed by atoms with van der Waals surface area (Å²) >= 11 is 0. The van der Waals surface area contributed by atoms with E-state index in [0.29, 0.717) is 0 Å². The number of ether oxygens (including phenoxy) is 1. The standard InChI is InChI=1S/C12H12NO/c1-10-7-8-13-12(9-10)14-11-5-3-2-4-6-11/h2-9,13H,1H3. The van der Waals surface area contributed by atoms with Crippen LogP contribution in [0.5, 0.6) is 5.75 Å². The molecule has 0 aromatic heterocycles. The lowest BCUT2D eigenvalue weighted by Gasteiger charge is -2.17. The highest BCUT2D eigenvalue weighted by Gasteiger charge is 2.09. The van der Waals surface area contributed by atoms with Crippen LogP contribution in [-0.2, 0) is 0 Å². The summed E-state index contributed by atoms with van der Waals surface area (Å²) in [5, 5.41) is 3.04. The van der Waals surface area contributed by atoms with Gasteiger partial charge in [0, 0.05) is 6.20 Å². The van der Waals surface area contributed by atoms with Crippen LogP contribution in [0.15, 0.2) is 54.3 Å². The molecule has 1 aliphatic heterocycles. The topological polar surface area (TPSA) is 21.3 Å². The lowest BCUT2D eigenvalue weighted by atomic mass is 10.2. The predicted molar refractivity (Wildman–Crippen MR) is 56.3 cm³/mol. The van der Waals surface area contributed by atoms with Crippen LogP contribution in [-0.4, -0.2) is 0 Å². The summed E-state index contributed by atoms with van der Waals surface area (Å²) in [6.07, 6.45) is 6.59. The number of para-hydroxylation sites is 1. The Morgan fingerprint density at radius 3 is 2.64 bits per heavy atom. The molecular formula is C12H12NO. The molecule has 1 N–H and O–H groups in total. The van der Waals surface area contributed by atoms with Crippen LogP contribution in [0.1, 0.15) is 6.92 Å². The van der Waals surface area contributed by atoms with E-state index in [-0.39, 0.29) is 0 Å². The zero-order chi connectivity index (χ0) is 9.80. The number of rotatable bonds is 2. The van der Waals surface area contributed by atoms with E-state index < -0.39 is 0 Å². The van der Waals surface area contributed by atoms with Crippen LogP contribution in [0.3, 0.4) is 0 Å². The number of nitrogens with one attached hydrogen (secondary N) is 1. The van der Waals surface area contributed by atoms with Crippen molar-refractivity contribution in [1.29, 1.82) is 0 Å². The number of allylic oxidation sites excluding steroid dienone is 2. The number of hydrogen-bond acceptors (Lipinski definition) is 2. The first-order valence-electron chi connectivity index (χ1n) is 4.56. The lowest BCUT2D eigenvalue weighted by molar-refractivity contribution is 0.330. The molecule has 2 nitrogen and oxygen atoms in total. The molecule has 0 spiro atoms. The molecule has 0 unspecified atom stereocenters. The first-order valence-corrected chi connectivity index (χ1v) is 4.56. The SMILES string of the molecule is CC1=C[C](Oc2ccccc2)NC=C1. The van der Waals surface area contributed by atoms with Crippen molar-refractivity contribution in [2.45, 2.75) is 6.92 Å². The Hall–Kier alpha value is -1.70. The molecule has 0 atom stereocenters. The zero-order valence-electron chi connectivity index (χ0n) is 8.03. The fourth-order valence-electron chi connectivity index (χ4n) is 1.23.